The lowest BCUT2D eigenvalue weighted by molar-refractivity contribution is 0.0230. The van der Waals surface area contributed by atoms with Crippen LogP contribution in [0.1, 0.15) is 6.92 Å². The number of para-hydroxylation sites is 4. The van der Waals surface area contributed by atoms with Gasteiger partial charge in [-0.2, -0.15) is 0 Å². The van der Waals surface area contributed by atoms with Crippen molar-refractivity contribution in [1.29, 1.82) is 0 Å². The van der Waals surface area contributed by atoms with Gasteiger partial charge in [0.25, 0.3) is 0 Å². The normalized spacial score (nSPS) is 11.4. The zero-order chi connectivity index (χ0) is 38.2. The summed E-state index contributed by atoms with van der Waals surface area (Å²) in [4.78, 5) is 1.88. The Kier molecular flexibility index (Phi) is 10.0. The van der Waals surface area contributed by atoms with Gasteiger partial charge in [-0.3, -0.25) is 0 Å². The Balaban J connectivity index is 0.000000148. The van der Waals surface area contributed by atoms with Gasteiger partial charge in [0.05, 0.1) is 51.7 Å². The third-order valence-electron chi connectivity index (χ3n) is 9.79. The zero-order valence-corrected chi connectivity index (χ0v) is 34.0. The van der Waals surface area contributed by atoms with E-state index in [0.29, 0.717) is 12.4 Å². The molecule has 4 aromatic carbocycles. The number of hydrogen-bond acceptors (Lipinski definition) is 9. The van der Waals surface area contributed by atoms with Crippen LogP contribution in [0.2, 0.25) is 0 Å². The van der Waals surface area contributed by atoms with Gasteiger partial charge in [0.15, 0.2) is 18.3 Å². The van der Waals surface area contributed by atoms with E-state index in [-0.39, 0.29) is 6.79 Å². The number of aromatic nitrogens is 2. The van der Waals surface area contributed by atoms with E-state index in [2.05, 4.69) is 92.7 Å². The van der Waals surface area contributed by atoms with Crippen LogP contribution in [0.4, 0.5) is 0 Å². The molecule has 10 aromatic rings. The Morgan fingerprint density at radius 3 is 1.45 bits per heavy atom. The third kappa shape index (κ3) is 6.12. The Morgan fingerprint density at radius 2 is 0.964 bits per heavy atom. The third-order valence-corrected chi connectivity index (χ3v) is 13.2. The fraction of sp³-hybridized carbons (Fsp3) is 0.111. The van der Waals surface area contributed by atoms with Crippen molar-refractivity contribution in [3.8, 4) is 55.3 Å². The largest absolute Gasteiger partial charge is 0.504 e. The Labute approximate surface area is 339 Å². The first-order chi connectivity index (χ1) is 27.6. The molecule has 0 aliphatic heterocycles. The highest BCUT2D eigenvalue weighted by molar-refractivity contribution is 7.15. The minimum Gasteiger partial charge on any atom is -0.504 e. The van der Waals surface area contributed by atoms with E-state index in [0.717, 1.165) is 71.6 Å². The molecule has 280 valence electrons. The molecule has 0 saturated heterocycles. The summed E-state index contributed by atoms with van der Waals surface area (Å²) in [5.74, 6) is 2.76. The van der Waals surface area contributed by atoms with Crippen molar-refractivity contribution in [2.24, 2.45) is 0 Å². The molecule has 0 fully saturated rings. The highest BCUT2D eigenvalue weighted by Crippen LogP contribution is 2.49. The number of ether oxygens (including phenoxy) is 4. The Hall–Kier alpha value is -5.56. The standard InChI is InChI=1S/C24H21NO3S2.C21H15NO2S2/c1-3-27-15-28-23-21(13-30-24(23)18-12-29-14-22(18)26-2)25-19-10-6-4-8-16(19)17-9-5-7-11-20(17)25;1-24-19-12-25-10-15(19)21-20(23)18(11-26-21)22-16-8-4-2-6-13(16)14-7-3-5-9-17(14)22/h4-14H,3,15H2,1-2H3;2-12,23H,1H3. The summed E-state index contributed by atoms with van der Waals surface area (Å²) >= 11 is 6.39. The Morgan fingerprint density at radius 1 is 0.536 bits per heavy atom. The van der Waals surface area contributed by atoms with Crippen molar-refractivity contribution >= 4 is 89.0 Å². The summed E-state index contributed by atoms with van der Waals surface area (Å²) < 4.78 is 27.2. The average Bonchev–Trinajstić information content (AvgIpc) is 4.11. The first-order valence-electron chi connectivity index (χ1n) is 17.9. The number of rotatable bonds is 10. The van der Waals surface area contributed by atoms with Crippen LogP contribution in [0.25, 0.3) is 75.9 Å². The molecule has 0 bridgehead atoms. The molecule has 0 aliphatic carbocycles. The molecular formula is C45H36N2O5S4. The molecule has 7 nitrogen and oxygen atoms in total. The molecule has 11 heteroatoms. The number of thiophene rings is 4. The molecule has 0 saturated carbocycles. The van der Waals surface area contributed by atoms with E-state index in [1.807, 2.05) is 52.7 Å². The molecular weight excluding hydrogens is 777 g/mol. The second-order valence-electron chi connectivity index (χ2n) is 12.8. The van der Waals surface area contributed by atoms with Crippen LogP contribution >= 0.6 is 45.3 Å². The van der Waals surface area contributed by atoms with Crippen LogP contribution in [-0.2, 0) is 4.74 Å². The number of methoxy groups -OCH3 is 2. The molecule has 0 aliphatic rings. The highest BCUT2D eigenvalue weighted by atomic mass is 32.1. The number of nitrogens with zero attached hydrogens (tertiary/aromatic N) is 2. The van der Waals surface area contributed by atoms with E-state index in [1.165, 1.54) is 32.9 Å². The lowest BCUT2D eigenvalue weighted by atomic mass is 10.2. The predicted molar refractivity (Wildman–Crippen MR) is 236 cm³/mol. The second kappa shape index (κ2) is 15.5. The maximum Gasteiger partial charge on any atom is 0.189 e. The molecule has 0 unspecified atom stereocenters. The lowest BCUT2D eigenvalue weighted by Gasteiger charge is -2.13. The number of aromatic hydroxyl groups is 1. The summed E-state index contributed by atoms with van der Waals surface area (Å²) in [6.45, 7) is 2.77. The second-order valence-corrected chi connectivity index (χ2v) is 16.0. The molecule has 6 aromatic heterocycles. The van der Waals surface area contributed by atoms with Gasteiger partial charge >= 0.3 is 0 Å². The van der Waals surface area contributed by atoms with Crippen LogP contribution in [0.15, 0.2) is 129 Å². The molecule has 10 rings (SSSR count). The minimum absolute atomic E-state index is 0.205. The molecule has 1 N–H and O–H groups in total. The molecule has 0 radical (unpaired) electrons. The molecule has 56 heavy (non-hydrogen) atoms. The molecule has 0 spiro atoms. The lowest BCUT2D eigenvalue weighted by Crippen LogP contribution is -2.05. The number of benzene rings is 4. The fourth-order valence-electron chi connectivity index (χ4n) is 7.28. The van der Waals surface area contributed by atoms with Crippen LogP contribution in [-0.4, -0.2) is 41.9 Å². The summed E-state index contributed by atoms with van der Waals surface area (Å²) in [6, 6.07) is 33.6. The van der Waals surface area contributed by atoms with Gasteiger partial charge in [-0.15, -0.1) is 45.3 Å². The van der Waals surface area contributed by atoms with Gasteiger partial charge in [0, 0.05) is 71.6 Å². The van der Waals surface area contributed by atoms with Crippen LogP contribution in [0.5, 0.6) is 23.0 Å². The van der Waals surface area contributed by atoms with Crippen LogP contribution in [0, 0.1) is 0 Å². The topological polar surface area (TPSA) is 67.0 Å². The highest BCUT2D eigenvalue weighted by Gasteiger charge is 2.24. The quantitative estimate of drug-likeness (QED) is 0.110. The minimum atomic E-state index is 0.205. The maximum absolute atomic E-state index is 11.0. The summed E-state index contributed by atoms with van der Waals surface area (Å²) in [5, 5.41) is 28.1. The SMILES string of the molecule is CCOCOc1c(-n2c3ccccc3c3ccccc32)csc1-c1cscc1OC.COc1cscc1-c1scc(-n2c3ccccc3c3ccccc32)c1O. The van der Waals surface area contributed by atoms with Crippen molar-refractivity contribution in [1.82, 2.24) is 9.13 Å². The van der Waals surface area contributed by atoms with Gasteiger partial charge in [-0.25, -0.2) is 0 Å². The van der Waals surface area contributed by atoms with E-state index in [1.54, 1.807) is 48.2 Å². The fourth-order valence-corrected chi connectivity index (χ4v) is 10.9. The molecule has 0 amide bonds. The summed E-state index contributed by atoms with van der Waals surface area (Å²) in [7, 11) is 3.36. The average molecular weight is 813 g/mol. The van der Waals surface area contributed by atoms with Gasteiger partial charge in [-0.05, 0) is 31.2 Å². The molecule has 0 atom stereocenters. The molecule has 6 heterocycles. The van der Waals surface area contributed by atoms with Crippen molar-refractivity contribution in [3.63, 3.8) is 0 Å². The summed E-state index contributed by atoms with van der Waals surface area (Å²) in [6.07, 6.45) is 0. The van der Waals surface area contributed by atoms with Crippen molar-refractivity contribution in [3.05, 3.63) is 129 Å². The first-order valence-corrected chi connectivity index (χ1v) is 21.6. The van der Waals surface area contributed by atoms with Gasteiger partial charge in [0.2, 0.25) is 0 Å². The van der Waals surface area contributed by atoms with Crippen molar-refractivity contribution in [2.45, 2.75) is 6.92 Å². The predicted octanol–water partition coefficient (Wildman–Crippen LogP) is 13.2. The monoisotopic (exact) mass is 812 g/mol. The smallest absolute Gasteiger partial charge is 0.189 e. The Bertz CT molecular complexity index is 2850. The van der Waals surface area contributed by atoms with E-state index >= 15 is 0 Å². The van der Waals surface area contributed by atoms with Crippen LogP contribution in [0.3, 0.4) is 0 Å². The van der Waals surface area contributed by atoms with Gasteiger partial charge in [-0.1, -0.05) is 72.8 Å². The first kappa shape index (κ1) is 36.1. The van der Waals surface area contributed by atoms with E-state index in [4.69, 9.17) is 18.9 Å². The number of fused-ring (bicyclic) bond motifs is 6. The maximum atomic E-state index is 11.0. The van der Waals surface area contributed by atoms with E-state index < -0.39 is 0 Å². The summed E-state index contributed by atoms with van der Waals surface area (Å²) in [5.41, 5.74) is 8.29. The van der Waals surface area contributed by atoms with Crippen molar-refractivity contribution in [2.75, 3.05) is 27.6 Å². The van der Waals surface area contributed by atoms with Gasteiger partial charge in [0.1, 0.15) is 17.2 Å². The number of hydrogen-bond donors (Lipinski definition) is 1. The van der Waals surface area contributed by atoms with Gasteiger partial charge < -0.3 is 33.2 Å². The van der Waals surface area contributed by atoms with Crippen molar-refractivity contribution < 1.29 is 24.1 Å². The van der Waals surface area contributed by atoms with E-state index in [9.17, 15) is 5.11 Å². The van der Waals surface area contributed by atoms with Crippen LogP contribution < -0.4 is 14.2 Å². The zero-order valence-electron chi connectivity index (χ0n) is 30.7.